The minimum absolute atomic E-state index is 0. The van der Waals surface area contributed by atoms with E-state index in [9.17, 15) is 29.7 Å². The topological polar surface area (TPSA) is 169 Å². The van der Waals surface area contributed by atoms with Gasteiger partial charge in [-0.1, -0.05) is 26.5 Å². The fourth-order valence-corrected chi connectivity index (χ4v) is 6.53. The van der Waals surface area contributed by atoms with E-state index in [1.807, 2.05) is 45.9 Å². The Hall–Kier alpha value is -4.46. The molecule has 0 aromatic carbocycles. The van der Waals surface area contributed by atoms with Crippen LogP contribution in [0.3, 0.4) is 0 Å². The van der Waals surface area contributed by atoms with Gasteiger partial charge in [0.1, 0.15) is 0 Å². The first kappa shape index (κ1) is 33.4. The molecule has 0 fully saturated rings. The Bertz CT molecular complexity index is 1950. The van der Waals surface area contributed by atoms with Crippen molar-refractivity contribution >= 4 is 74.6 Å². The summed E-state index contributed by atoms with van der Waals surface area (Å²) in [5.74, 6) is -4.13. The van der Waals surface area contributed by atoms with Crippen molar-refractivity contribution < 1.29 is 29.7 Å². The molecule has 10 nitrogen and oxygen atoms in total. The van der Waals surface area contributed by atoms with E-state index in [1.54, 1.807) is 13.0 Å². The van der Waals surface area contributed by atoms with Crippen molar-refractivity contribution in [2.45, 2.75) is 72.1 Å². The van der Waals surface area contributed by atoms with Gasteiger partial charge < -0.3 is 25.3 Å². The van der Waals surface area contributed by atoms with Crippen molar-refractivity contribution in [3.05, 3.63) is 75.4 Å². The molecular weight excluding hydrogens is 587 g/mol. The van der Waals surface area contributed by atoms with Gasteiger partial charge in [0, 0.05) is 57.1 Å². The van der Waals surface area contributed by atoms with Gasteiger partial charge in [-0.15, -0.1) is 0 Å². The number of rotatable bonds is 8. The second-order valence-electron chi connectivity index (χ2n) is 11.5. The molecule has 3 aromatic heterocycles. The molecule has 0 unspecified atom stereocenters. The molecule has 0 amide bonds. The zero-order chi connectivity index (χ0) is 32.0. The van der Waals surface area contributed by atoms with E-state index < -0.39 is 30.2 Å². The normalized spacial score (nSPS) is 15.9. The van der Waals surface area contributed by atoms with Gasteiger partial charge in [-0.05, 0) is 74.1 Å². The standard InChI is InChI=1S/C34H36N4O6.Al.3H/c1-7-19-15(3)23-12-25-17(5)21(9-10-29(39)40)32(37-25)22(11-30(41)42)33-31(34(43)44)18(6)26(38-33)14-28-20(8-2)16(4)24(36-28)13-27(19)35-23;;;;/h7,12-14,17,21,35-36H,1,8-11H2,2-6H3,(H,39,40)(H,41,42)(H,43,44);;;;/t17-,21-;;;;/m0..../s1. The summed E-state index contributed by atoms with van der Waals surface area (Å²) in [4.78, 5) is 53.2. The summed E-state index contributed by atoms with van der Waals surface area (Å²) in [6.07, 6.45) is 2.03. The van der Waals surface area contributed by atoms with Crippen LogP contribution in [0.1, 0.15) is 96.0 Å². The molecule has 0 radical (unpaired) electrons. The summed E-state index contributed by atoms with van der Waals surface area (Å²) in [5, 5.41) is 29.9. The maximum Gasteiger partial charge on any atom is 0.338 e. The van der Waals surface area contributed by atoms with E-state index in [1.165, 1.54) is 0 Å². The monoisotopic (exact) mass is 626 g/mol. The minimum Gasteiger partial charge on any atom is -0.481 e. The zero-order valence-corrected chi connectivity index (χ0v) is 25.5. The van der Waals surface area contributed by atoms with Gasteiger partial charge in [0.05, 0.1) is 29.1 Å². The van der Waals surface area contributed by atoms with Crippen LogP contribution in [0.4, 0.5) is 0 Å². The van der Waals surface area contributed by atoms with Crippen LogP contribution in [-0.2, 0) is 27.2 Å². The number of aliphatic carboxylic acids is 3. The molecule has 0 aliphatic carbocycles. The Morgan fingerprint density at radius 3 is 2.18 bits per heavy atom. The second-order valence-corrected chi connectivity index (χ2v) is 11.5. The number of carbonyl (C=O) groups is 3. The predicted molar refractivity (Wildman–Crippen MR) is 179 cm³/mol. The summed E-state index contributed by atoms with van der Waals surface area (Å²) in [6, 6.07) is 5.75. The average molecular weight is 627 g/mol. The van der Waals surface area contributed by atoms with Gasteiger partial charge in [0.25, 0.3) is 0 Å². The fourth-order valence-electron chi connectivity index (χ4n) is 6.53. The van der Waals surface area contributed by atoms with Crippen LogP contribution in [0.5, 0.6) is 0 Å². The van der Waals surface area contributed by atoms with Crippen molar-refractivity contribution in [1.29, 1.82) is 0 Å². The van der Waals surface area contributed by atoms with E-state index in [-0.39, 0.29) is 53.0 Å². The largest absolute Gasteiger partial charge is 0.481 e. The maximum absolute atomic E-state index is 12.7. The van der Waals surface area contributed by atoms with Gasteiger partial charge in [0.15, 0.2) is 17.4 Å². The molecule has 2 atom stereocenters. The van der Waals surface area contributed by atoms with Crippen molar-refractivity contribution in [1.82, 2.24) is 19.9 Å². The summed E-state index contributed by atoms with van der Waals surface area (Å²) >= 11 is 0. The summed E-state index contributed by atoms with van der Waals surface area (Å²) < 4.78 is 0. The third-order valence-electron chi connectivity index (χ3n) is 8.94. The number of H-pyrrole nitrogens is 2. The molecule has 234 valence electrons. The number of aryl methyl sites for hydroxylation is 3. The van der Waals surface area contributed by atoms with E-state index in [4.69, 9.17) is 9.97 Å². The maximum atomic E-state index is 12.7. The van der Waals surface area contributed by atoms with Crippen LogP contribution in [0, 0.1) is 13.8 Å². The van der Waals surface area contributed by atoms with Crippen molar-refractivity contribution in [3.63, 3.8) is 0 Å². The Morgan fingerprint density at radius 1 is 0.911 bits per heavy atom. The van der Waals surface area contributed by atoms with Crippen LogP contribution in [0.2, 0.25) is 0 Å². The Kier molecular flexibility index (Phi) is 9.57. The van der Waals surface area contributed by atoms with E-state index in [0.29, 0.717) is 29.1 Å². The second kappa shape index (κ2) is 12.9. The zero-order valence-electron chi connectivity index (χ0n) is 25.5. The third kappa shape index (κ3) is 5.98. The minimum atomic E-state index is -1.23. The lowest BCUT2D eigenvalue weighted by Crippen LogP contribution is -2.13. The molecule has 11 heteroatoms. The highest BCUT2D eigenvalue weighted by Crippen LogP contribution is 2.43. The molecule has 3 aromatic rings. The Balaban J connectivity index is 0.00000461. The van der Waals surface area contributed by atoms with Gasteiger partial charge in [0.2, 0.25) is 0 Å². The summed E-state index contributed by atoms with van der Waals surface area (Å²) in [6.45, 7) is 13.7. The molecule has 5 N–H and O–H groups in total. The van der Waals surface area contributed by atoms with Crippen molar-refractivity contribution in [2.24, 2.45) is 0 Å². The van der Waals surface area contributed by atoms with Gasteiger partial charge in [-0.3, -0.25) is 14.6 Å². The first-order chi connectivity index (χ1) is 20.9. The molecule has 5 heterocycles. The lowest BCUT2D eigenvalue weighted by molar-refractivity contribution is -0.138. The fraction of sp³-hybridized carbons (Fsp3) is 0.324. The molecule has 45 heavy (non-hydrogen) atoms. The van der Waals surface area contributed by atoms with Gasteiger partial charge in [-0.25, -0.2) is 9.78 Å². The molecule has 8 bridgehead atoms. The number of allylic oxidation sites excluding steroid dienone is 1. The predicted octanol–water partition coefficient (Wildman–Crippen LogP) is 5.35. The molecule has 2 aliphatic heterocycles. The van der Waals surface area contributed by atoms with E-state index in [0.717, 1.165) is 44.3 Å². The molecule has 5 rings (SSSR count). The molecule has 2 aliphatic rings. The number of carboxylic acid groups (broad SMARTS) is 3. The lowest BCUT2D eigenvalue weighted by atomic mass is 9.84. The SMILES string of the molecule is C=Cc1c(C)c2cc3nc(c(CC(=O)O)c4nc(cc5[nH]c(cc1[nH]2)c(C)c5CC)C(C)=C4C(=O)O)[C@@H](CCC(=O)O)[C@@H]3C.[AlH3]. The third-order valence-corrected chi connectivity index (χ3v) is 8.94. The highest BCUT2D eigenvalue weighted by molar-refractivity contribution is 6.24. The van der Waals surface area contributed by atoms with Gasteiger partial charge >= 0.3 is 17.9 Å². The van der Waals surface area contributed by atoms with Crippen LogP contribution in [0.25, 0.3) is 39.3 Å². The Morgan fingerprint density at radius 2 is 1.58 bits per heavy atom. The molecule has 0 spiro atoms. The first-order valence-electron chi connectivity index (χ1n) is 14.6. The number of carboxylic acids is 3. The number of fused-ring (bicyclic) bond motifs is 8. The van der Waals surface area contributed by atoms with Crippen LogP contribution >= 0.6 is 0 Å². The van der Waals surface area contributed by atoms with Crippen molar-refractivity contribution in [2.75, 3.05) is 0 Å². The molecular formula is C34H39AlN4O6. The van der Waals surface area contributed by atoms with Crippen LogP contribution in [-0.4, -0.2) is 70.5 Å². The van der Waals surface area contributed by atoms with Crippen LogP contribution in [0.15, 0.2) is 24.8 Å². The van der Waals surface area contributed by atoms with E-state index in [2.05, 4.69) is 16.5 Å². The van der Waals surface area contributed by atoms with Gasteiger partial charge in [-0.2, -0.15) is 0 Å². The number of nitrogens with one attached hydrogen (secondary N) is 2. The summed E-state index contributed by atoms with van der Waals surface area (Å²) in [7, 11) is 0. The number of aromatic amines is 2. The number of aromatic nitrogens is 4. The van der Waals surface area contributed by atoms with Crippen molar-refractivity contribution in [3.8, 4) is 0 Å². The Labute approximate surface area is 271 Å². The van der Waals surface area contributed by atoms with E-state index >= 15 is 0 Å². The number of hydrogen-bond donors (Lipinski definition) is 5. The molecule has 0 saturated heterocycles. The first-order valence-corrected chi connectivity index (χ1v) is 14.6. The smallest absolute Gasteiger partial charge is 0.338 e. The number of nitrogens with zero attached hydrogens (tertiary/aromatic N) is 2. The highest BCUT2D eigenvalue weighted by Gasteiger charge is 2.35. The molecule has 0 saturated carbocycles. The lowest BCUT2D eigenvalue weighted by Gasteiger charge is -2.17. The quantitative estimate of drug-likeness (QED) is 0.209. The summed E-state index contributed by atoms with van der Waals surface area (Å²) in [5.41, 5.74) is 9.23. The highest BCUT2D eigenvalue weighted by atomic mass is 27.0. The number of hydrogen-bond acceptors (Lipinski definition) is 5. The van der Waals surface area contributed by atoms with Crippen LogP contribution < -0.4 is 0 Å². The average Bonchev–Trinajstić information content (AvgIpc) is 3.63.